The molecule has 4 rings (SSSR count). The number of carbonyl (C=O) groups is 1. The van der Waals surface area contributed by atoms with E-state index in [2.05, 4.69) is 15.3 Å². The molecule has 8 heteroatoms. The summed E-state index contributed by atoms with van der Waals surface area (Å²) in [7, 11) is 0. The Kier molecular flexibility index (Phi) is 5.26. The molecule has 2 aromatic heterocycles. The summed E-state index contributed by atoms with van der Waals surface area (Å²) in [6.07, 6.45) is 3.17. The number of nitrogens with zero attached hydrogens (tertiary/aromatic N) is 2. The first-order chi connectivity index (χ1) is 14.1. The minimum Gasteiger partial charge on any atom is -0.377 e. The second kappa shape index (κ2) is 8.00. The van der Waals surface area contributed by atoms with Crippen LogP contribution in [0.1, 0.15) is 47.3 Å². The summed E-state index contributed by atoms with van der Waals surface area (Å²) >= 11 is 0. The van der Waals surface area contributed by atoms with Gasteiger partial charge in [-0.25, -0.2) is 9.78 Å². The summed E-state index contributed by atoms with van der Waals surface area (Å²) in [6, 6.07) is 9.36. The molecule has 1 aliphatic rings. The number of aromatic nitrogens is 3. The Morgan fingerprint density at radius 3 is 2.66 bits per heavy atom. The first-order valence-electron chi connectivity index (χ1n) is 9.65. The average molecular weight is 394 g/mol. The lowest BCUT2D eigenvalue weighted by molar-refractivity contribution is 0.0950. The van der Waals surface area contributed by atoms with E-state index in [0.717, 1.165) is 24.0 Å². The standard InChI is InChI=1S/C21H22N4O4/c1-2-29-12-14-5-3-13(4-6-14)10-23-19(26)15-9-17-18(22-11-15)25(16-7-8-16)21(28)24-20(17)27/h3-6,9,11,16H,2,7-8,10,12H2,1H3,(H,23,26)(H,24,27,28). The number of benzene rings is 1. The molecule has 0 atom stereocenters. The number of amides is 1. The number of H-pyrrole nitrogens is 1. The van der Waals surface area contributed by atoms with Gasteiger partial charge in [-0.15, -0.1) is 0 Å². The van der Waals surface area contributed by atoms with Gasteiger partial charge in [0.25, 0.3) is 11.5 Å². The fraction of sp³-hybridized carbons (Fsp3) is 0.333. The molecule has 1 saturated carbocycles. The molecule has 29 heavy (non-hydrogen) atoms. The third-order valence-corrected chi connectivity index (χ3v) is 4.90. The number of nitrogens with one attached hydrogen (secondary N) is 2. The van der Waals surface area contributed by atoms with Crippen molar-refractivity contribution in [2.24, 2.45) is 0 Å². The minimum absolute atomic E-state index is 0.0692. The van der Waals surface area contributed by atoms with Gasteiger partial charge in [0.1, 0.15) is 5.65 Å². The number of pyridine rings is 1. The van der Waals surface area contributed by atoms with Crippen molar-refractivity contribution < 1.29 is 9.53 Å². The molecule has 2 N–H and O–H groups in total. The van der Waals surface area contributed by atoms with Gasteiger partial charge >= 0.3 is 5.69 Å². The van der Waals surface area contributed by atoms with Crippen molar-refractivity contribution in [1.82, 2.24) is 19.9 Å². The molecule has 0 unspecified atom stereocenters. The molecule has 0 spiro atoms. The van der Waals surface area contributed by atoms with Gasteiger partial charge in [0.15, 0.2) is 0 Å². The van der Waals surface area contributed by atoms with E-state index in [1.54, 1.807) is 0 Å². The van der Waals surface area contributed by atoms with Crippen LogP contribution in [-0.2, 0) is 17.9 Å². The lowest BCUT2D eigenvalue weighted by Crippen LogP contribution is -2.31. The second-order valence-electron chi connectivity index (χ2n) is 7.09. The fourth-order valence-electron chi connectivity index (χ4n) is 3.19. The van der Waals surface area contributed by atoms with E-state index in [0.29, 0.717) is 25.4 Å². The van der Waals surface area contributed by atoms with Gasteiger partial charge in [0, 0.05) is 25.4 Å². The third kappa shape index (κ3) is 4.12. The van der Waals surface area contributed by atoms with Crippen LogP contribution in [-0.4, -0.2) is 27.0 Å². The van der Waals surface area contributed by atoms with E-state index in [1.807, 2.05) is 31.2 Å². The molecule has 0 aliphatic heterocycles. The molecule has 0 saturated heterocycles. The van der Waals surface area contributed by atoms with Crippen molar-refractivity contribution in [2.75, 3.05) is 6.61 Å². The van der Waals surface area contributed by atoms with Crippen molar-refractivity contribution in [3.8, 4) is 0 Å². The SMILES string of the molecule is CCOCc1ccc(CNC(=O)c2cnc3c(c2)c(=O)[nH]c(=O)n3C2CC2)cc1. The van der Waals surface area contributed by atoms with Crippen LogP contribution >= 0.6 is 0 Å². The van der Waals surface area contributed by atoms with Crippen molar-refractivity contribution in [3.63, 3.8) is 0 Å². The van der Waals surface area contributed by atoms with Crippen molar-refractivity contribution in [2.45, 2.75) is 39.0 Å². The zero-order valence-corrected chi connectivity index (χ0v) is 16.1. The smallest absolute Gasteiger partial charge is 0.330 e. The highest BCUT2D eigenvalue weighted by Crippen LogP contribution is 2.34. The number of aromatic amines is 1. The Balaban J connectivity index is 1.50. The monoisotopic (exact) mass is 394 g/mol. The van der Waals surface area contributed by atoms with E-state index in [1.165, 1.54) is 16.8 Å². The molecule has 0 bridgehead atoms. The predicted octanol–water partition coefficient (Wildman–Crippen LogP) is 1.89. The number of fused-ring (bicyclic) bond motifs is 1. The molecule has 2 heterocycles. The molecule has 1 amide bonds. The van der Waals surface area contributed by atoms with Crippen molar-refractivity contribution in [3.05, 3.63) is 74.1 Å². The van der Waals surface area contributed by atoms with Crippen LogP contribution in [0.4, 0.5) is 0 Å². The predicted molar refractivity (Wildman–Crippen MR) is 108 cm³/mol. The van der Waals surface area contributed by atoms with Gasteiger partial charge in [0.2, 0.25) is 0 Å². The lowest BCUT2D eigenvalue weighted by Gasteiger charge is -2.09. The van der Waals surface area contributed by atoms with Crippen LogP contribution in [0.5, 0.6) is 0 Å². The highest BCUT2D eigenvalue weighted by molar-refractivity contribution is 5.96. The maximum absolute atomic E-state index is 12.5. The normalized spacial score (nSPS) is 13.6. The Hall–Kier alpha value is -3.26. The highest BCUT2D eigenvalue weighted by atomic mass is 16.5. The Bertz CT molecular complexity index is 1160. The fourth-order valence-corrected chi connectivity index (χ4v) is 3.19. The van der Waals surface area contributed by atoms with Gasteiger partial charge in [-0.05, 0) is 37.0 Å². The molecule has 3 aromatic rings. The van der Waals surface area contributed by atoms with Crippen molar-refractivity contribution >= 4 is 16.9 Å². The van der Waals surface area contributed by atoms with Crippen LogP contribution in [0.25, 0.3) is 11.0 Å². The Morgan fingerprint density at radius 1 is 1.24 bits per heavy atom. The number of carbonyl (C=O) groups excluding carboxylic acids is 1. The minimum atomic E-state index is -0.533. The molecule has 1 aromatic carbocycles. The van der Waals surface area contributed by atoms with Crippen LogP contribution in [0.3, 0.4) is 0 Å². The summed E-state index contributed by atoms with van der Waals surface area (Å²) in [6.45, 7) is 3.53. The Labute approximate surface area is 166 Å². The number of hydrogen-bond acceptors (Lipinski definition) is 5. The largest absolute Gasteiger partial charge is 0.377 e. The molecular formula is C21H22N4O4. The topological polar surface area (TPSA) is 106 Å². The van der Waals surface area contributed by atoms with Gasteiger partial charge in [-0.2, -0.15) is 0 Å². The quantitative estimate of drug-likeness (QED) is 0.637. The van der Waals surface area contributed by atoms with Gasteiger partial charge in [0.05, 0.1) is 17.6 Å². The number of rotatable bonds is 7. The first-order valence-corrected chi connectivity index (χ1v) is 9.65. The molecule has 8 nitrogen and oxygen atoms in total. The number of hydrogen-bond donors (Lipinski definition) is 2. The maximum Gasteiger partial charge on any atom is 0.330 e. The van der Waals surface area contributed by atoms with Gasteiger partial charge < -0.3 is 10.1 Å². The summed E-state index contributed by atoms with van der Waals surface area (Å²) in [5, 5.41) is 3.07. The Morgan fingerprint density at radius 2 is 1.97 bits per heavy atom. The maximum atomic E-state index is 12.5. The summed E-state index contributed by atoms with van der Waals surface area (Å²) < 4.78 is 6.87. The van der Waals surface area contributed by atoms with E-state index in [4.69, 9.17) is 4.74 Å². The van der Waals surface area contributed by atoms with Crippen LogP contribution in [0, 0.1) is 0 Å². The zero-order valence-electron chi connectivity index (χ0n) is 16.1. The molecule has 150 valence electrons. The summed E-state index contributed by atoms with van der Waals surface area (Å²) in [5.74, 6) is -0.332. The van der Waals surface area contributed by atoms with Gasteiger partial charge in [-0.3, -0.25) is 19.1 Å². The molecule has 0 radical (unpaired) electrons. The van der Waals surface area contributed by atoms with E-state index < -0.39 is 11.2 Å². The zero-order chi connectivity index (χ0) is 20.4. The number of ether oxygens (including phenoxy) is 1. The average Bonchev–Trinajstić information content (AvgIpc) is 3.56. The third-order valence-electron chi connectivity index (χ3n) is 4.90. The highest BCUT2D eigenvalue weighted by Gasteiger charge is 2.27. The van der Waals surface area contributed by atoms with Gasteiger partial charge in [-0.1, -0.05) is 24.3 Å². The lowest BCUT2D eigenvalue weighted by atomic mass is 10.1. The molecule has 1 fully saturated rings. The summed E-state index contributed by atoms with van der Waals surface area (Å²) in [5.41, 5.74) is 1.63. The second-order valence-corrected chi connectivity index (χ2v) is 7.09. The van der Waals surface area contributed by atoms with E-state index in [9.17, 15) is 14.4 Å². The van der Waals surface area contributed by atoms with Crippen LogP contribution in [0.15, 0.2) is 46.1 Å². The summed E-state index contributed by atoms with van der Waals surface area (Å²) in [4.78, 5) is 43.4. The first kappa shape index (κ1) is 19.1. The van der Waals surface area contributed by atoms with Crippen molar-refractivity contribution in [1.29, 1.82) is 0 Å². The van der Waals surface area contributed by atoms with E-state index in [-0.39, 0.29) is 22.9 Å². The molecule has 1 aliphatic carbocycles. The van der Waals surface area contributed by atoms with E-state index >= 15 is 0 Å². The van der Waals surface area contributed by atoms with Crippen LogP contribution < -0.4 is 16.6 Å². The molecular weight excluding hydrogens is 372 g/mol. The van der Waals surface area contributed by atoms with Crippen LogP contribution in [0.2, 0.25) is 0 Å².